The normalized spacial score (nSPS) is 15.3. The Morgan fingerprint density at radius 2 is 1.90 bits per heavy atom. The number of esters is 1. The third-order valence-electron chi connectivity index (χ3n) is 3.24. The second kappa shape index (κ2) is 7.17. The number of nitrogens with one attached hydrogen (secondary N) is 1. The van der Waals surface area contributed by atoms with E-state index in [2.05, 4.69) is 5.32 Å². The maximum absolute atomic E-state index is 12.0. The lowest BCUT2D eigenvalue weighted by atomic mass is 10.0. The van der Waals surface area contributed by atoms with E-state index in [0.717, 1.165) is 5.56 Å². The molecule has 1 rings (SSSR count). The van der Waals surface area contributed by atoms with Gasteiger partial charge in [-0.1, -0.05) is 30.3 Å². The Labute approximate surface area is 124 Å². The topological polar surface area (TPSA) is 81.5 Å². The third kappa shape index (κ3) is 4.53. The number of ether oxygens (including phenoxy) is 1. The summed E-state index contributed by atoms with van der Waals surface area (Å²) >= 11 is 0. The van der Waals surface area contributed by atoms with Gasteiger partial charge in [-0.3, -0.25) is 10.1 Å². The monoisotopic (exact) mass is 294 g/mol. The molecular formula is C15H22N2O4. The molecule has 0 saturated heterocycles. The van der Waals surface area contributed by atoms with Crippen LogP contribution < -0.4 is 5.32 Å². The fourth-order valence-electron chi connectivity index (χ4n) is 1.76. The lowest BCUT2D eigenvalue weighted by Gasteiger charge is -2.23. The maximum Gasteiger partial charge on any atom is 0.386 e. The van der Waals surface area contributed by atoms with Gasteiger partial charge in [0.05, 0.1) is 12.6 Å². The molecule has 0 aromatic heterocycles. The molecule has 0 spiro atoms. The Bertz CT molecular complexity index is 490. The first-order chi connectivity index (χ1) is 9.77. The lowest BCUT2D eigenvalue weighted by Crippen LogP contribution is -2.53. The highest BCUT2D eigenvalue weighted by Crippen LogP contribution is 2.16. The smallest absolute Gasteiger partial charge is 0.386 e. The SMILES string of the molecule is CC(C)OC(=O)C(C)(CN[C@@H](C)c1ccccc1)[N+](=O)[O-]. The van der Waals surface area contributed by atoms with Crippen LogP contribution in [0.15, 0.2) is 30.3 Å². The highest BCUT2D eigenvalue weighted by molar-refractivity contribution is 5.79. The zero-order valence-corrected chi connectivity index (χ0v) is 12.8. The number of hydrogen-bond donors (Lipinski definition) is 1. The highest BCUT2D eigenvalue weighted by Gasteiger charge is 2.48. The highest BCUT2D eigenvalue weighted by atomic mass is 16.6. The van der Waals surface area contributed by atoms with Gasteiger partial charge < -0.3 is 10.1 Å². The van der Waals surface area contributed by atoms with Crippen LogP contribution in [0.25, 0.3) is 0 Å². The van der Waals surface area contributed by atoms with Crippen molar-refractivity contribution in [1.82, 2.24) is 5.32 Å². The minimum absolute atomic E-state index is 0.0956. The number of benzene rings is 1. The van der Waals surface area contributed by atoms with Crippen molar-refractivity contribution in [3.63, 3.8) is 0 Å². The molecule has 0 bridgehead atoms. The van der Waals surface area contributed by atoms with Gasteiger partial charge in [0.2, 0.25) is 0 Å². The largest absolute Gasteiger partial charge is 0.458 e. The van der Waals surface area contributed by atoms with E-state index >= 15 is 0 Å². The summed E-state index contributed by atoms with van der Waals surface area (Å²) in [6.45, 7) is 6.41. The van der Waals surface area contributed by atoms with E-state index in [1.54, 1.807) is 13.8 Å². The zero-order valence-electron chi connectivity index (χ0n) is 12.8. The number of carbonyl (C=O) groups excluding carboxylic acids is 1. The first-order valence-corrected chi connectivity index (χ1v) is 6.91. The van der Waals surface area contributed by atoms with Crippen molar-refractivity contribution in [2.75, 3.05) is 6.54 Å². The van der Waals surface area contributed by atoms with Crippen LogP contribution in [0.1, 0.15) is 39.3 Å². The van der Waals surface area contributed by atoms with Crippen molar-refractivity contribution in [3.8, 4) is 0 Å². The van der Waals surface area contributed by atoms with Crippen molar-refractivity contribution in [1.29, 1.82) is 0 Å². The molecule has 0 aliphatic carbocycles. The Morgan fingerprint density at radius 1 is 1.33 bits per heavy atom. The molecule has 1 aromatic carbocycles. The molecule has 21 heavy (non-hydrogen) atoms. The van der Waals surface area contributed by atoms with Gasteiger partial charge in [0, 0.05) is 17.9 Å². The van der Waals surface area contributed by atoms with Crippen molar-refractivity contribution in [2.45, 2.75) is 45.4 Å². The zero-order chi connectivity index (χ0) is 16.0. The second-order valence-electron chi connectivity index (χ2n) is 5.50. The van der Waals surface area contributed by atoms with E-state index in [9.17, 15) is 14.9 Å². The van der Waals surface area contributed by atoms with E-state index in [-0.39, 0.29) is 18.7 Å². The first kappa shape index (κ1) is 17.1. The predicted molar refractivity (Wildman–Crippen MR) is 79.5 cm³/mol. The quantitative estimate of drug-likeness (QED) is 0.474. The Balaban J connectivity index is 2.75. The van der Waals surface area contributed by atoms with Gasteiger partial charge >= 0.3 is 11.5 Å². The van der Waals surface area contributed by atoms with E-state index < -0.39 is 16.4 Å². The molecule has 0 amide bonds. The summed E-state index contributed by atoms with van der Waals surface area (Å²) in [6, 6.07) is 9.44. The molecule has 2 atom stereocenters. The molecule has 0 radical (unpaired) electrons. The molecule has 1 unspecified atom stereocenters. The number of rotatable bonds is 7. The molecule has 6 heteroatoms. The summed E-state index contributed by atoms with van der Waals surface area (Å²) in [7, 11) is 0. The average molecular weight is 294 g/mol. The van der Waals surface area contributed by atoms with Gasteiger partial charge in [-0.25, -0.2) is 4.79 Å². The van der Waals surface area contributed by atoms with E-state index in [4.69, 9.17) is 4.74 Å². The van der Waals surface area contributed by atoms with Crippen LogP contribution in [0.5, 0.6) is 0 Å². The minimum atomic E-state index is -1.80. The van der Waals surface area contributed by atoms with Crippen molar-refractivity contribution < 1.29 is 14.5 Å². The molecule has 1 N–H and O–H groups in total. The molecular weight excluding hydrogens is 272 g/mol. The Kier molecular flexibility index (Phi) is 5.84. The van der Waals surface area contributed by atoms with Gasteiger partial charge in [-0.15, -0.1) is 0 Å². The van der Waals surface area contributed by atoms with Gasteiger partial charge in [-0.2, -0.15) is 0 Å². The van der Waals surface area contributed by atoms with Crippen molar-refractivity contribution in [3.05, 3.63) is 46.0 Å². The molecule has 6 nitrogen and oxygen atoms in total. The van der Waals surface area contributed by atoms with Crippen LogP contribution in [0.3, 0.4) is 0 Å². The minimum Gasteiger partial charge on any atom is -0.458 e. The van der Waals surface area contributed by atoms with Gasteiger partial charge in [-0.05, 0) is 26.3 Å². The van der Waals surface area contributed by atoms with Gasteiger partial charge in [0.15, 0.2) is 0 Å². The third-order valence-corrected chi connectivity index (χ3v) is 3.24. The van der Waals surface area contributed by atoms with E-state index in [1.165, 1.54) is 6.92 Å². The van der Waals surface area contributed by atoms with Crippen LogP contribution >= 0.6 is 0 Å². The second-order valence-corrected chi connectivity index (χ2v) is 5.50. The lowest BCUT2D eigenvalue weighted by molar-refractivity contribution is -0.549. The van der Waals surface area contributed by atoms with Gasteiger partial charge in [0.1, 0.15) is 0 Å². The number of hydrogen-bond acceptors (Lipinski definition) is 5. The van der Waals surface area contributed by atoms with Crippen LogP contribution in [-0.4, -0.2) is 29.1 Å². The molecule has 0 aliphatic rings. The van der Waals surface area contributed by atoms with Crippen LogP contribution in [0, 0.1) is 10.1 Å². The first-order valence-electron chi connectivity index (χ1n) is 6.91. The molecule has 1 aromatic rings. The summed E-state index contributed by atoms with van der Waals surface area (Å²) in [4.78, 5) is 22.6. The standard InChI is InChI=1S/C15H22N2O4/c1-11(2)21-14(18)15(4,17(19)20)10-16-12(3)13-8-6-5-7-9-13/h5-9,11-12,16H,10H2,1-4H3/t12-,15?/m0/s1. The summed E-state index contributed by atoms with van der Waals surface area (Å²) in [5.74, 6) is -0.824. The number of nitrogens with zero attached hydrogens (tertiary/aromatic N) is 1. The molecule has 0 fully saturated rings. The fourth-order valence-corrected chi connectivity index (χ4v) is 1.76. The van der Waals surface area contributed by atoms with E-state index in [1.807, 2.05) is 37.3 Å². The van der Waals surface area contributed by atoms with Crippen LogP contribution in [0.4, 0.5) is 0 Å². The van der Waals surface area contributed by atoms with Crippen molar-refractivity contribution in [2.24, 2.45) is 0 Å². The summed E-state index contributed by atoms with van der Waals surface area (Å²) in [6.07, 6.45) is -0.386. The molecule has 0 aliphatic heterocycles. The fraction of sp³-hybridized carbons (Fsp3) is 0.533. The van der Waals surface area contributed by atoms with E-state index in [0.29, 0.717) is 0 Å². The molecule has 116 valence electrons. The van der Waals surface area contributed by atoms with Crippen LogP contribution in [0.2, 0.25) is 0 Å². The molecule has 0 saturated carbocycles. The predicted octanol–water partition coefficient (Wildman–Crippen LogP) is 2.32. The maximum atomic E-state index is 12.0. The number of carbonyl (C=O) groups is 1. The summed E-state index contributed by atoms with van der Waals surface area (Å²) in [5.41, 5.74) is -0.798. The van der Waals surface area contributed by atoms with Gasteiger partial charge in [0.25, 0.3) is 0 Å². The average Bonchev–Trinajstić information content (AvgIpc) is 2.44. The van der Waals surface area contributed by atoms with Crippen molar-refractivity contribution >= 4 is 5.97 Å². The number of nitro groups is 1. The summed E-state index contributed by atoms with van der Waals surface area (Å²) in [5, 5.41) is 14.3. The Hall–Kier alpha value is -1.95. The summed E-state index contributed by atoms with van der Waals surface area (Å²) < 4.78 is 4.99. The Morgan fingerprint density at radius 3 is 2.38 bits per heavy atom. The van der Waals surface area contributed by atoms with Crippen LogP contribution in [-0.2, 0) is 9.53 Å². The molecule has 0 heterocycles.